The molecule has 0 radical (unpaired) electrons. The molecule has 1 aliphatic rings. The van der Waals surface area contributed by atoms with Crippen molar-refractivity contribution in [2.75, 3.05) is 18.4 Å². The molecule has 3 nitrogen and oxygen atoms in total. The summed E-state index contributed by atoms with van der Waals surface area (Å²) in [5.74, 6) is 2.49. The lowest BCUT2D eigenvalue weighted by molar-refractivity contribution is 0.0958. The number of rotatable bonds is 0. The van der Waals surface area contributed by atoms with Gasteiger partial charge in [0.15, 0.2) is 0 Å². The highest BCUT2D eigenvalue weighted by atomic mass is 16.1. The molecule has 70 valence electrons. The Bertz CT molecular complexity index is 418. The molecule has 1 aliphatic heterocycles. The average molecular weight is 186 g/mol. The minimum absolute atomic E-state index is 0.0675. The number of anilines is 1. The quantitative estimate of drug-likeness (QED) is 0.589. The Morgan fingerprint density at radius 3 is 2.86 bits per heavy atom. The third-order valence-corrected chi connectivity index (χ3v) is 2.18. The number of carbonyl (C=O) groups is 1. The van der Waals surface area contributed by atoms with Crippen LogP contribution in [0.5, 0.6) is 0 Å². The Morgan fingerprint density at radius 1 is 1.29 bits per heavy atom. The smallest absolute Gasteiger partial charge is 0.253 e. The first kappa shape index (κ1) is 8.64. The zero-order valence-corrected chi connectivity index (χ0v) is 7.63. The number of para-hydroxylation sites is 1. The van der Waals surface area contributed by atoms with E-state index < -0.39 is 0 Å². The van der Waals surface area contributed by atoms with Gasteiger partial charge in [-0.05, 0) is 12.1 Å². The van der Waals surface area contributed by atoms with Crippen molar-refractivity contribution in [1.29, 1.82) is 0 Å². The molecule has 0 atom stereocenters. The van der Waals surface area contributed by atoms with Gasteiger partial charge in [0.25, 0.3) is 5.91 Å². The van der Waals surface area contributed by atoms with Gasteiger partial charge in [-0.25, -0.2) is 0 Å². The molecule has 0 bridgehead atoms. The highest BCUT2D eigenvalue weighted by molar-refractivity contribution is 6.01. The van der Waals surface area contributed by atoms with Gasteiger partial charge in [-0.3, -0.25) is 4.79 Å². The molecule has 2 rings (SSSR count). The molecule has 0 saturated heterocycles. The van der Waals surface area contributed by atoms with Crippen molar-refractivity contribution in [3.05, 3.63) is 29.3 Å². The van der Waals surface area contributed by atoms with Gasteiger partial charge in [-0.15, -0.1) is 6.42 Å². The number of hydrogen-bond donors (Lipinski definition) is 2. The van der Waals surface area contributed by atoms with Crippen LogP contribution >= 0.6 is 0 Å². The first-order valence-corrected chi connectivity index (χ1v) is 4.44. The SMILES string of the molecule is C#Cc1cccc2c1NCCNC2=O. The summed E-state index contributed by atoms with van der Waals surface area (Å²) in [6.07, 6.45) is 5.35. The second-order valence-corrected chi connectivity index (χ2v) is 3.06. The second-order valence-electron chi connectivity index (χ2n) is 3.06. The van der Waals surface area contributed by atoms with E-state index in [1.54, 1.807) is 12.1 Å². The predicted octanol–water partition coefficient (Wildman–Crippen LogP) is 0.823. The van der Waals surface area contributed by atoms with E-state index >= 15 is 0 Å². The van der Waals surface area contributed by atoms with Crippen molar-refractivity contribution < 1.29 is 4.79 Å². The Hall–Kier alpha value is -1.95. The zero-order chi connectivity index (χ0) is 9.97. The van der Waals surface area contributed by atoms with Crippen LogP contribution in [0.25, 0.3) is 0 Å². The molecule has 0 aromatic heterocycles. The maximum Gasteiger partial charge on any atom is 0.253 e. The van der Waals surface area contributed by atoms with Crippen molar-refractivity contribution in [2.24, 2.45) is 0 Å². The van der Waals surface area contributed by atoms with Gasteiger partial charge in [0.2, 0.25) is 0 Å². The van der Waals surface area contributed by atoms with Crippen molar-refractivity contribution in [2.45, 2.75) is 0 Å². The summed E-state index contributed by atoms with van der Waals surface area (Å²) in [7, 11) is 0. The Morgan fingerprint density at radius 2 is 2.07 bits per heavy atom. The van der Waals surface area contributed by atoms with E-state index in [4.69, 9.17) is 6.42 Å². The van der Waals surface area contributed by atoms with Crippen LogP contribution in [0.1, 0.15) is 15.9 Å². The monoisotopic (exact) mass is 186 g/mol. The van der Waals surface area contributed by atoms with Crippen molar-refractivity contribution in [1.82, 2.24) is 5.32 Å². The third kappa shape index (κ3) is 1.31. The molecule has 1 aromatic rings. The molecule has 0 saturated carbocycles. The zero-order valence-electron chi connectivity index (χ0n) is 7.63. The third-order valence-electron chi connectivity index (χ3n) is 2.18. The first-order chi connectivity index (χ1) is 6.83. The van der Waals surface area contributed by atoms with E-state index in [0.717, 1.165) is 11.3 Å². The van der Waals surface area contributed by atoms with E-state index in [9.17, 15) is 4.79 Å². The predicted molar refractivity (Wildman–Crippen MR) is 55.2 cm³/mol. The molecule has 1 amide bonds. The number of carbonyl (C=O) groups excluding carboxylic acids is 1. The van der Waals surface area contributed by atoms with Gasteiger partial charge >= 0.3 is 0 Å². The summed E-state index contributed by atoms with van der Waals surface area (Å²) >= 11 is 0. The molecule has 14 heavy (non-hydrogen) atoms. The van der Waals surface area contributed by atoms with Crippen LogP contribution in [0.3, 0.4) is 0 Å². The molecular weight excluding hydrogens is 176 g/mol. The van der Waals surface area contributed by atoms with Gasteiger partial charge in [0, 0.05) is 18.7 Å². The number of fused-ring (bicyclic) bond motifs is 1. The summed E-state index contributed by atoms with van der Waals surface area (Å²) in [6.45, 7) is 1.33. The van der Waals surface area contributed by atoms with Gasteiger partial charge < -0.3 is 10.6 Å². The normalized spacial score (nSPS) is 14.4. The summed E-state index contributed by atoms with van der Waals surface area (Å²) in [5.41, 5.74) is 2.13. The highest BCUT2D eigenvalue weighted by Crippen LogP contribution is 2.21. The summed E-state index contributed by atoms with van der Waals surface area (Å²) < 4.78 is 0. The Labute approximate surface area is 82.5 Å². The maximum atomic E-state index is 11.6. The summed E-state index contributed by atoms with van der Waals surface area (Å²) in [4.78, 5) is 11.6. The van der Waals surface area contributed by atoms with Crippen LogP contribution in [0.4, 0.5) is 5.69 Å². The minimum Gasteiger partial charge on any atom is -0.382 e. The molecule has 0 spiro atoms. The fourth-order valence-electron chi connectivity index (χ4n) is 1.51. The van der Waals surface area contributed by atoms with Gasteiger partial charge in [-0.1, -0.05) is 12.0 Å². The lowest BCUT2D eigenvalue weighted by Gasteiger charge is -2.07. The maximum absolute atomic E-state index is 11.6. The molecular formula is C11H10N2O. The van der Waals surface area contributed by atoms with E-state index in [0.29, 0.717) is 18.7 Å². The van der Waals surface area contributed by atoms with E-state index in [2.05, 4.69) is 16.6 Å². The van der Waals surface area contributed by atoms with Crippen molar-refractivity contribution >= 4 is 11.6 Å². The first-order valence-electron chi connectivity index (χ1n) is 4.44. The van der Waals surface area contributed by atoms with Crippen LogP contribution < -0.4 is 10.6 Å². The van der Waals surface area contributed by atoms with Gasteiger partial charge in [0.1, 0.15) is 0 Å². The van der Waals surface area contributed by atoms with Crippen LogP contribution in [-0.2, 0) is 0 Å². The van der Waals surface area contributed by atoms with E-state index in [1.165, 1.54) is 0 Å². The van der Waals surface area contributed by atoms with Gasteiger partial charge in [0.05, 0.1) is 11.3 Å². The lowest BCUT2D eigenvalue weighted by Crippen LogP contribution is -2.24. The fourth-order valence-corrected chi connectivity index (χ4v) is 1.51. The van der Waals surface area contributed by atoms with E-state index in [-0.39, 0.29) is 5.91 Å². The lowest BCUT2D eigenvalue weighted by atomic mass is 10.1. The number of terminal acetylenes is 1. The molecule has 1 aromatic carbocycles. The molecule has 0 aliphatic carbocycles. The van der Waals surface area contributed by atoms with E-state index in [1.807, 2.05) is 6.07 Å². The Balaban J connectivity index is 2.58. The number of amides is 1. The highest BCUT2D eigenvalue weighted by Gasteiger charge is 2.15. The largest absolute Gasteiger partial charge is 0.382 e. The van der Waals surface area contributed by atoms with Gasteiger partial charge in [-0.2, -0.15) is 0 Å². The standard InChI is InChI=1S/C11H10N2O/c1-2-8-4-3-5-9-10(8)12-6-7-13-11(9)14/h1,3-5,12H,6-7H2,(H,13,14). The molecule has 0 fully saturated rings. The Kier molecular flexibility index (Phi) is 2.11. The summed E-state index contributed by atoms with van der Waals surface area (Å²) in [5, 5.41) is 5.93. The molecule has 3 heteroatoms. The number of nitrogens with one attached hydrogen (secondary N) is 2. The van der Waals surface area contributed by atoms with Crippen LogP contribution in [0.2, 0.25) is 0 Å². The second kappa shape index (κ2) is 3.43. The number of benzene rings is 1. The number of hydrogen-bond acceptors (Lipinski definition) is 2. The summed E-state index contributed by atoms with van der Waals surface area (Å²) in [6, 6.07) is 5.38. The van der Waals surface area contributed by atoms with Crippen molar-refractivity contribution in [3.63, 3.8) is 0 Å². The fraction of sp³-hybridized carbons (Fsp3) is 0.182. The van der Waals surface area contributed by atoms with Crippen LogP contribution in [0.15, 0.2) is 18.2 Å². The minimum atomic E-state index is -0.0675. The molecule has 1 heterocycles. The molecule has 0 unspecified atom stereocenters. The van der Waals surface area contributed by atoms with Crippen LogP contribution in [-0.4, -0.2) is 19.0 Å². The average Bonchev–Trinajstić information content (AvgIpc) is 2.41. The topological polar surface area (TPSA) is 41.1 Å². The van der Waals surface area contributed by atoms with Crippen molar-refractivity contribution in [3.8, 4) is 12.3 Å². The van der Waals surface area contributed by atoms with Crippen LogP contribution in [0, 0.1) is 12.3 Å². The molecule has 2 N–H and O–H groups in total.